The highest BCUT2D eigenvalue weighted by atomic mass is 19.1. The molecule has 2 aromatic rings. The molecular formula is C16H20FN3. The molecule has 0 aliphatic rings. The molecule has 0 heterocycles. The van der Waals surface area contributed by atoms with E-state index in [1.165, 1.54) is 17.8 Å². The van der Waals surface area contributed by atoms with E-state index in [4.69, 9.17) is 5.73 Å². The zero-order chi connectivity index (χ0) is 14.5. The lowest BCUT2D eigenvalue weighted by Crippen LogP contribution is -2.21. The van der Waals surface area contributed by atoms with Gasteiger partial charge in [-0.25, -0.2) is 4.39 Å². The summed E-state index contributed by atoms with van der Waals surface area (Å²) >= 11 is 0. The second kappa shape index (κ2) is 6.28. The predicted octanol–water partition coefficient (Wildman–Crippen LogP) is 4.00. The highest BCUT2D eigenvalue weighted by molar-refractivity contribution is 5.73. The van der Waals surface area contributed by atoms with Crippen LogP contribution in [0.5, 0.6) is 0 Å². The highest BCUT2D eigenvalue weighted by Gasteiger charge is 2.03. The third kappa shape index (κ3) is 3.20. The molecule has 106 valence electrons. The maximum Gasteiger partial charge on any atom is 0.125 e. The summed E-state index contributed by atoms with van der Waals surface area (Å²) in [5.74, 6) is -0.329. The number of halogens is 1. The maximum atomic E-state index is 13.0. The minimum Gasteiger partial charge on any atom is -0.397 e. The molecule has 0 saturated carbocycles. The number of hydrogen-bond donors (Lipinski definition) is 2. The smallest absolute Gasteiger partial charge is 0.125 e. The van der Waals surface area contributed by atoms with Gasteiger partial charge in [0.2, 0.25) is 0 Å². The van der Waals surface area contributed by atoms with Gasteiger partial charge in [-0.05, 0) is 56.3 Å². The summed E-state index contributed by atoms with van der Waals surface area (Å²) < 4.78 is 13.0. The average molecular weight is 273 g/mol. The molecule has 0 bridgehead atoms. The van der Waals surface area contributed by atoms with Crippen LogP contribution in [0.2, 0.25) is 0 Å². The molecule has 0 atom stereocenters. The Kier molecular flexibility index (Phi) is 4.45. The number of nitrogens with zero attached hydrogens (tertiary/aromatic N) is 1. The van der Waals surface area contributed by atoms with Crippen molar-refractivity contribution in [1.82, 2.24) is 0 Å². The van der Waals surface area contributed by atoms with E-state index in [0.717, 1.165) is 18.8 Å². The van der Waals surface area contributed by atoms with Crippen LogP contribution in [0.3, 0.4) is 0 Å². The van der Waals surface area contributed by atoms with Crippen molar-refractivity contribution >= 4 is 22.7 Å². The molecule has 0 amide bonds. The van der Waals surface area contributed by atoms with Gasteiger partial charge in [0.25, 0.3) is 0 Å². The lowest BCUT2D eigenvalue weighted by atomic mass is 10.2. The van der Waals surface area contributed by atoms with Crippen molar-refractivity contribution < 1.29 is 4.39 Å². The third-order valence-electron chi connectivity index (χ3n) is 3.29. The lowest BCUT2D eigenvalue weighted by Gasteiger charge is -2.21. The van der Waals surface area contributed by atoms with Crippen molar-refractivity contribution in [3.05, 3.63) is 48.3 Å². The van der Waals surface area contributed by atoms with Gasteiger partial charge in [-0.1, -0.05) is 0 Å². The van der Waals surface area contributed by atoms with E-state index in [2.05, 4.69) is 36.2 Å². The van der Waals surface area contributed by atoms with Crippen molar-refractivity contribution in [1.29, 1.82) is 0 Å². The van der Waals surface area contributed by atoms with E-state index in [1.807, 2.05) is 12.1 Å². The Morgan fingerprint density at radius 1 is 1.05 bits per heavy atom. The van der Waals surface area contributed by atoms with Crippen LogP contribution < -0.4 is 16.0 Å². The molecule has 0 aliphatic heterocycles. The molecule has 0 unspecified atom stereocenters. The molecule has 0 aromatic heterocycles. The van der Waals surface area contributed by atoms with Gasteiger partial charge in [-0.2, -0.15) is 0 Å². The van der Waals surface area contributed by atoms with Crippen LogP contribution in [0, 0.1) is 5.82 Å². The molecule has 0 radical (unpaired) electrons. The fraction of sp³-hybridized carbons (Fsp3) is 0.250. The van der Waals surface area contributed by atoms with Crippen molar-refractivity contribution in [3.63, 3.8) is 0 Å². The topological polar surface area (TPSA) is 41.3 Å². The summed E-state index contributed by atoms with van der Waals surface area (Å²) in [6.07, 6.45) is 0. The first kappa shape index (κ1) is 14.2. The second-order valence-electron chi connectivity index (χ2n) is 4.58. The Hall–Kier alpha value is -2.23. The van der Waals surface area contributed by atoms with Gasteiger partial charge in [-0.3, -0.25) is 0 Å². The first-order valence-corrected chi connectivity index (χ1v) is 6.81. The molecule has 3 N–H and O–H groups in total. The summed E-state index contributed by atoms with van der Waals surface area (Å²) in [7, 11) is 0. The van der Waals surface area contributed by atoms with Gasteiger partial charge in [0.1, 0.15) is 5.82 Å². The quantitative estimate of drug-likeness (QED) is 0.809. The van der Waals surface area contributed by atoms with Crippen molar-refractivity contribution in [2.75, 3.05) is 29.0 Å². The second-order valence-corrected chi connectivity index (χ2v) is 4.58. The third-order valence-corrected chi connectivity index (χ3v) is 3.29. The molecule has 0 saturated heterocycles. The Bertz CT molecular complexity index is 562. The number of nitrogen functional groups attached to an aromatic ring is 1. The Morgan fingerprint density at radius 3 is 2.25 bits per heavy atom. The van der Waals surface area contributed by atoms with Crippen LogP contribution in [-0.4, -0.2) is 13.1 Å². The summed E-state index contributed by atoms with van der Waals surface area (Å²) in [5, 5.41) is 3.19. The van der Waals surface area contributed by atoms with Crippen LogP contribution in [0.25, 0.3) is 0 Å². The van der Waals surface area contributed by atoms with Crippen LogP contribution in [-0.2, 0) is 0 Å². The van der Waals surface area contributed by atoms with E-state index in [-0.39, 0.29) is 5.82 Å². The van der Waals surface area contributed by atoms with Gasteiger partial charge in [0.05, 0.1) is 11.4 Å². The van der Waals surface area contributed by atoms with E-state index in [1.54, 1.807) is 6.07 Å². The predicted molar refractivity (Wildman–Crippen MR) is 84.1 cm³/mol. The van der Waals surface area contributed by atoms with E-state index in [9.17, 15) is 4.39 Å². The standard InChI is InChI=1S/C16H20FN3/c1-3-20(4-2)14-8-6-13(7-9-14)19-16-10-5-12(17)11-15(16)18/h5-11,19H,3-4,18H2,1-2H3. The molecule has 3 nitrogen and oxygen atoms in total. The molecule has 20 heavy (non-hydrogen) atoms. The minimum absolute atomic E-state index is 0.329. The highest BCUT2D eigenvalue weighted by Crippen LogP contribution is 2.25. The lowest BCUT2D eigenvalue weighted by molar-refractivity contribution is 0.628. The number of benzene rings is 2. The van der Waals surface area contributed by atoms with Gasteiger partial charge < -0.3 is 16.0 Å². The number of hydrogen-bond acceptors (Lipinski definition) is 3. The molecule has 0 fully saturated rings. The molecule has 0 spiro atoms. The monoisotopic (exact) mass is 273 g/mol. The fourth-order valence-electron chi connectivity index (χ4n) is 2.15. The van der Waals surface area contributed by atoms with Gasteiger partial charge >= 0.3 is 0 Å². The molecular weight excluding hydrogens is 253 g/mol. The number of nitrogens with two attached hydrogens (primary N) is 1. The maximum absolute atomic E-state index is 13.0. The van der Waals surface area contributed by atoms with Crippen LogP contribution in [0.1, 0.15) is 13.8 Å². The van der Waals surface area contributed by atoms with E-state index < -0.39 is 0 Å². The normalized spacial score (nSPS) is 10.3. The SMILES string of the molecule is CCN(CC)c1ccc(Nc2ccc(F)cc2N)cc1. The Balaban J connectivity index is 2.14. The first-order valence-electron chi connectivity index (χ1n) is 6.81. The summed E-state index contributed by atoms with van der Waals surface area (Å²) in [6, 6.07) is 12.5. The number of nitrogens with one attached hydrogen (secondary N) is 1. The van der Waals surface area contributed by atoms with Crippen molar-refractivity contribution in [2.24, 2.45) is 0 Å². The molecule has 2 rings (SSSR count). The molecule has 0 aliphatic carbocycles. The summed E-state index contributed by atoms with van der Waals surface area (Å²) in [5.41, 5.74) is 9.01. The zero-order valence-electron chi connectivity index (χ0n) is 11.9. The average Bonchev–Trinajstić information content (AvgIpc) is 2.45. The molecule has 2 aromatic carbocycles. The fourth-order valence-corrected chi connectivity index (χ4v) is 2.15. The van der Waals surface area contributed by atoms with E-state index >= 15 is 0 Å². The Morgan fingerprint density at radius 2 is 1.70 bits per heavy atom. The van der Waals surface area contributed by atoms with Crippen LogP contribution in [0.4, 0.5) is 27.1 Å². The Labute approximate surface area is 119 Å². The minimum atomic E-state index is -0.329. The number of rotatable bonds is 5. The summed E-state index contributed by atoms with van der Waals surface area (Å²) in [6.45, 7) is 6.23. The van der Waals surface area contributed by atoms with E-state index in [0.29, 0.717) is 11.4 Å². The number of anilines is 4. The van der Waals surface area contributed by atoms with Crippen molar-refractivity contribution in [3.8, 4) is 0 Å². The largest absolute Gasteiger partial charge is 0.397 e. The van der Waals surface area contributed by atoms with Gasteiger partial charge in [0.15, 0.2) is 0 Å². The molecule has 4 heteroatoms. The van der Waals surface area contributed by atoms with Crippen LogP contribution in [0.15, 0.2) is 42.5 Å². The van der Waals surface area contributed by atoms with Crippen molar-refractivity contribution in [2.45, 2.75) is 13.8 Å². The van der Waals surface area contributed by atoms with Crippen LogP contribution >= 0.6 is 0 Å². The zero-order valence-corrected chi connectivity index (χ0v) is 11.9. The first-order chi connectivity index (χ1) is 9.63. The van der Waals surface area contributed by atoms with Gasteiger partial charge in [-0.15, -0.1) is 0 Å². The van der Waals surface area contributed by atoms with Gasteiger partial charge in [0, 0.05) is 24.5 Å². The summed E-state index contributed by atoms with van der Waals surface area (Å²) in [4.78, 5) is 2.27.